The molecule has 0 aliphatic heterocycles. The van der Waals surface area contributed by atoms with Crippen molar-refractivity contribution in [1.82, 2.24) is 14.3 Å². The second-order valence-corrected chi connectivity index (χ2v) is 6.96. The number of fused-ring (bicyclic) bond motifs is 1. The molecule has 0 atom stereocenters. The standard InChI is InChI=1S/C14H13Cl2N3S/c1-18(9-12-3-4-13(16)20-12)7-11-8-19-6-10(15)2-5-14(19)17-11/h2-6,8H,7,9H2,1H3. The number of pyridine rings is 1. The average Bonchev–Trinajstić information content (AvgIpc) is 2.94. The van der Waals surface area contributed by atoms with E-state index in [1.165, 1.54) is 4.88 Å². The van der Waals surface area contributed by atoms with Gasteiger partial charge in [0.25, 0.3) is 0 Å². The van der Waals surface area contributed by atoms with E-state index in [0.717, 1.165) is 28.8 Å². The van der Waals surface area contributed by atoms with Gasteiger partial charge in [-0.05, 0) is 31.3 Å². The molecule has 3 rings (SSSR count). The minimum Gasteiger partial charge on any atom is -0.305 e. The van der Waals surface area contributed by atoms with Crippen molar-refractivity contribution in [2.75, 3.05) is 7.05 Å². The van der Waals surface area contributed by atoms with Crippen LogP contribution in [-0.4, -0.2) is 21.3 Å². The van der Waals surface area contributed by atoms with Crippen molar-refractivity contribution in [2.24, 2.45) is 0 Å². The smallest absolute Gasteiger partial charge is 0.137 e. The molecule has 6 heteroatoms. The molecular weight excluding hydrogens is 313 g/mol. The molecule has 0 aliphatic rings. The van der Waals surface area contributed by atoms with E-state index in [4.69, 9.17) is 23.2 Å². The Morgan fingerprint density at radius 3 is 2.75 bits per heavy atom. The SMILES string of the molecule is CN(Cc1cn2cc(Cl)ccc2n1)Cc1ccc(Cl)s1. The van der Waals surface area contributed by atoms with Gasteiger partial charge in [-0.2, -0.15) is 0 Å². The zero-order valence-electron chi connectivity index (χ0n) is 10.9. The maximum Gasteiger partial charge on any atom is 0.137 e. The topological polar surface area (TPSA) is 20.5 Å². The number of halogens is 2. The molecule has 0 saturated carbocycles. The summed E-state index contributed by atoms with van der Waals surface area (Å²) in [7, 11) is 2.07. The van der Waals surface area contributed by atoms with Crippen LogP contribution < -0.4 is 0 Å². The molecule has 0 saturated heterocycles. The first-order chi connectivity index (χ1) is 9.60. The summed E-state index contributed by atoms with van der Waals surface area (Å²) in [5.74, 6) is 0. The zero-order chi connectivity index (χ0) is 14.1. The maximum atomic E-state index is 5.97. The molecule has 3 aromatic rings. The maximum absolute atomic E-state index is 5.97. The van der Waals surface area contributed by atoms with Crippen LogP contribution in [0.25, 0.3) is 5.65 Å². The van der Waals surface area contributed by atoms with E-state index in [0.29, 0.717) is 5.02 Å². The van der Waals surface area contributed by atoms with Crippen LogP contribution in [0.3, 0.4) is 0 Å². The van der Waals surface area contributed by atoms with Crippen LogP contribution in [-0.2, 0) is 13.1 Å². The van der Waals surface area contributed by atoms with E-state index >= 15 is 0 Å². The lowest BCUT2D eigenvalue weighted by Gasteiger charge is -2.13. The fraction of sp³-hybridized carbons (Fsp3) is 0.214. The Morgan fingerprint density at radius 2 is 2.00 bits per heavy atom. The summed E-state index contributed by atoms with van der Waals surface area (Å²) < 4.78 is 2.78. The molecule has 104 valence electrons. The summed E-state index contributed by atoms with van der Waals surface area (Å²) in [5, 5.41) is 0.711. The van der Waals surface area contributed by atoms with Gasteiger partial charge in [-0.1, -0.05) is 23.2 Å². The highest BCUT2D eigenvalue weighted by molar-refractivity contribution is 7.16. The second kappa shape index (κ2) is 5.74. The summed E-state index contributed by atoms with van der Waals surface area (Å²) >= 11 is 13.5. The molecule has 0 fully saturated rings. The lowest BCUT2D eigenvalue weighted by atomic mass is 10.4. The Morgan fingerprint density at radius 1 is 1.15 bits per heavy atom. The van der Waals surface area contributed by atoms with E-state index < -0.39 is 0 Å². The largest absolute Gasteiger partial charge is 0.305 e. The van der Waals surface area contributed by atoms with Crippen molar-refractivity contribution in [3.05, 3.63) is 56.6 Å². The summed E-state index contributed by atoms with van der Waals surface area (Å²) in [6, 6.07) is 7.77. The molecule has 0 unspecified atom stereocenters. The summed E-state index contributed by atoms with van der Waals surface area (Å²) in [4.78, 5) is 8.05. The number of nitrogens with zero attached hydrogens (tertiary/aromatic N) is 3. The Balaban J connectivity index is 1.72. The van der Waals surface area contributed by atoms with Gasteiger partial charge in [-0.3, -0.25) is 4.90 Å². The Labute approximate surface area is 131 Å². The van der Waals surface area contributed by atoms with Crippen LogP contribution >= 0.6 is 34.5 Å². The summed E-state index contributed by atoms with van der Waals surface area (Å²) in [6.07, 6.45) is 3.88. The predicted molar refractivity (Wildman–Crippen MR) is 84.7 cm³/mol. The van der Waals surface area contributed by atoms with Crippen LogP contribution in [0.2, 0.25) is 9.36 Å². The predicted octanol–water partition coefficient (Wildman–Crippen LogP) is 4.33. The van der Waals surface area contributed by atoms with Crippen molar-refractivity contribution in [2.45, 2.75) is 13.1 Å². The van der Waals surface area contributed by atoms with Gasteiger partial charge in [-0.15, -0.1) is 11.3 Å². The third kappa shape index (κ3) is 3.15. The van der Waals surface area contributed by atoms with Gasteiger partial charge in [-0.25, -0.2) is 4.98 Å². The first-order valence-corrected chi connectivity index (χ1v) is 7.73. The third-order valence-corrected chi connectivity index (χ3v) is 4.39. The molecule has 3 nitrogen and oxygen atoms in total. The quantitative estimate of drug-likeness (QED) is 0.711. The molecule has 0 spiro atoms. The fourth-order valence-electron chi connectivity index (χ4n) is 2.13. The van der Waals surface area contributed by atoms with Crippen molar-refractivity contribution in [3.8, 4) is 0 Å². The molecule has 0 aliphatic carbocycles. The van der Waals surface area contributed by atoms with Gasteiger partial charge in [0.05, 0.1) is 15.1 Å². The highest BCUT2D eigenvalue weighted by Gasteiger charge is 2.07. The number of imidazole rings is 1. The molecule has 3 aromatic heterocycles. The fourth-order valence-corrected chi connectivity index (χ4v) is 3.46. The first kappa shape index (κ1) is 13.9. The lowest BCUT2D eigenvalue weighted by Crippen LogP contribution is -2.16. The molecule has 0 radical (unpaired) electrons. The highest BCUT2D eigenvalue weighted by Crippen LogP contribution is 2.22. The van der Waals surface area contributed by atoms with Crippen LogP contribution in [0.5, 0.6) is 0 Å². The molecule has 3 heterocycles. The number of rotatable bonds is 4. The van der Waals surface area contributed by atoms with Crippen LogP contribution in [0, 0.1) is 0 Å². The van der Waals surface area contributed by atoms with E-state index in [2.05, 4.69) is 23.0 Å². The van der Waals surface area contributed by atoms with Crippen molar-refractivity contribution < 1.29 is 0 Å². The third-order valence-electron chi connectivity index (χ3n) is 2.95. The normalized spacial score (nSPS) is 11.6. The van der Waals surface area contributed by atoms with Crippen LogP contribution in [0.15, 0.2) is 36.7 Å². The molecule has 0 bridgehead atoms. The average molecular weight is 326 g/mol. The Kier molecular flexibility index (Phi) is 3.98. The van der Waals surface area contributed by atoms with Gasteiger partial charge in [0, 0.05) is 30.4 Å². The minimum absolute atomic E-state index is 0.711. The summed E-state index contributed by atoms with van der Waals surface area (Å²) in [5.41, 5.74) is 1.94. The highest BCUT2D eigenvalue weighted by atomic mass is 35.5. The summed E-state index contributed by atoms with van der Waals surface area (Å²) in [6.45, 7) is 1.65. The second-order valence-electron chi connectivity index (χ2n) is 4.72. The molecule has 20 heavy (non-hydrogen) atoms. The number of hydrogen-bond donors (Lipinski definition) is 0. The zero-order valence-corrected chi connectivity index (χ0v) is 13.2. The number of thiophene rings is 1. The molecule has 0 aromatic carbocycles. The first-order valence-electron chi connectivity index (χ1n) is 6.16. The minimum atomic E-state index is 0.711. The number of hydrogen-bond acceptors (Lipinski definition) is 3. The van der Waals surface area contributed by atoms with Gasteiger partial charge in [0.2, 0.25) is 0 Å². The van der Waals surface area contributed by atoms with Crippen LogP contribution in [0.4, 0.5) is 0 Å². The van der Waals surface area contributed by atoms with E-state index in [1.54, 1.807) is 11.3 Å². The van der Waals surface area contributed by atoms with Crippen molar-refractivity contribution in [3.63, 3.8) is 0 Å². The van der Waals surface area contributed by atoms with Crippen molar-refractivity contribution in [1.29, 1.82) is 0 Å². The van der Waals surface area contributed by atoms with Gasteiger partial charge in [0.15, 0.2) is 0 Å². The van der Waals surface area contributed by atoms with E-state index in [9.17, 15) is 0 Å². The monoisotopic (exact) mass is 325 g/mol. The Bertz CT molecular complexity index is 735. The van der Waals surface area contributed by atoms with Gasteiger partial charge in [0.1, 0.15) is 5.65 Å². The Hall–Kier alpha value is -1.07. The number of aromatic nitrogens is 2. The van der Waals surface area contributed by atoms with E-state index in [-0.39, 0.29) is 0 Å². The van der Waals surface area contributed by atoms with Gasteiger partial charge < -0.3 is 4.40 Å². The van der Waals surface area contributed by atoms with Crippen molar-refractivity contribution >= 4 is 40.2 Å². The van der Waals surface area contributed by atoms with Gasteiger partial charge >= 0.3 is 0 Å². The van der Waals surface area contributed by atoms with E-state index in [1.807, 2.05) is 35.0 Å². The molecule has 0 amide bonds. The molecule has 0 N–H and O–H groups in total. The molecular formula is C14H13Cl2N3S. The van der Waals surface area contributed by atoms with Crippen LogP contribution in [0.1, 0.15) is 10.6 Å². The lowest BCUT2D eigenvalue weighted by molar-refractivity contribution is 0.318.